The van der Waals surface area contributed by atoms with E-state index in [0.29, 0.717) is 0 Å². The van der Waals surface area contributed by atoms with E-state index in [2.05, 4.69) is 55.7 Å². The lowest BCUT2D eigenvalue weighted by Gasteiger charge is -2.28. The number of rotatable bonds is 3. The van der Waals surface area contributed by atoms with Gasteiger partial charge < -0.3 is 9.80 Å². The summed E-state index contributed by atoms with van der Waals surface area (Å²) in [5.41, 5.74) is 4.08. The quantitative estimate of drug-likeness (QED) is 0.623. The summed E-state index contributed by atoms with van der Waals surface area (Å²) in [5, 5.41) is 0. The smallest absolute Gasteiger partial charge is 0.195 e. The van der Waals surface area contributed by atoms with E-state index in [-0.39, 0.29) is 5.41 Å². The van der Waals surface area contributed by atoms with Crippen LogP contribution < -0.4 is 0 Å². The molecule has 0 atom stereocenters. The van der Waals surface area contributed by atoms with Crippen LogP contribution in [0, 0.1) is 13.8 Å². The third kappa shape index (κ3) is 3.99. The first kappa shape index (κ1) is 16.5. The maximum absolute atomic E-state index is 4.80. The summed E-state index contributed by atoms with van der Waals surface area (Å²) in [4.78, 5) is 8.91. The van der Waals surface area contributed by atoms with E-state index >= 15 is 0 Å². The first-order valence-corrected chi connectivity index (χ1v) is 7.12. The first-order chi connectivity index (χ1) is 9.15. The van der Waals surface area contributed by atoms with Crippen LogP contribution in [0.5, 0.6) is 0 Å². The van der Waals surface area contributed by atoms with Crippen LogP contribution in [0.4, 0.5) is 0 Å². The molecule has 1 aromatic carbocycles. The van der Waals surface area contributed by atoms with E-state index in [1.165, 1.54) is 16.7 Å². The molecule has 3 nitrogen and oxygen atoms in total. The Balaban J connectivity index is 3.02. The predicted molar refractivity (Wildman–Crippen MR) is 88.6 cm³/mol. The van der Waals surface area contributed by atoms with Gasteiger partial charge in [0.25, 0.3) is 0 Å². The molecule has 3 heteroatoms. The standard InChI is InChI=1S/C17H29N3/c1-13-9-10-15(14(2)11-13)17(3,4)12-18-16(19(5)6)20(7)8/h9-11H,12H2,1-8H3. The third-order valence-electron chi connectivity index (χ3n) is 3.53. The minimum atomic E-state index is 0.0368. The van der Waals surface area contributed by atoms with Crippen LogP contribution in [0.3, 0.4) is 0 Å². The van der Waals surface area contributed by atoms with Crippen LogP contribution in [0.2, 0.25) is 0 Å². The molecule has 0 aliphatic heterocycles. The molecule has 0 N–H and O–H groups in total. The van der Waals surface area contributed by atoms with Crippen LogP contribution in [-0.2, 0) is 5.41 Å². The van der Waals surface area contributed by atoms with Gasteiger partial charge in [-0.25, -0.2) is 0 Å². The number of hydrogen-bond acceptors (Lipinski definition) is 1. The van der Waals surface area contributed by atoms with Gasteiger partial charge in [-0.3, -0.25) is 4.99 Å². The Bertz CT molecular complexity index is 475. The molecule has 0 saturated carbocycles. The average molecular weight is 275 g/mol. The van der Waals surface area contributed by atoms with Crippen LogP contribution in [0.25, 0.3) is 0 Å². The number of benzene rings is 1. The van der Waals surface area contributed by atoms with Crippen molar-refractivity contribution in [2.24, 2.45) is 4.99 Å². The second kappa shape index (κ2) is 6.29. The summed E-state index contributed by atoms with van der Waals surface area (Å²) >= 11 is 0. The highest BCUT2D eigenvalue weighted by Crippen LogP contribution is 2.27. The summed E-state index contributed by atoms with van der Waals surface area (Å²) in [7, 11) is 8.12. The molecule has 0 aromatic heterocycles. The van der Waals surface area contributed by atoms with Crippen molar-refractivity contribution in [1.29, 1.82) is 0 Å². The number of nitrogens with zero attached hydrogens (tertiary/aromatic N) is 3. The van der Waals surface area contributed by atoms with Crippen molar-refractivity contribution in [2.75, 3.05) is 34.7 Å². The highest BCUT2D eigenvalue weighted by molar-refractivity contribution is 5.79. The number of aliphatic imine (C=N–C) groups is 1. The van der Waals surface area contributed by atoms with Crippen molar-refractivity contribution >= 4 is 5.96 Å². The molecule has 0 bridgehead atoms. The molecule has 20 heavy (non-hydrogen) atoms. The zero-order valence-corrected chi connectivity index (χ0v) is 14.3. The van der Waals surface area contributed by atoms with E-state index in [1.807, 2.05) is 28.2 Å². The summed E-state index contributed by atoms with van der Waals surface area (Å²) < 4.78 is 0. The molecule has 0 saturated heterocycles. The molecule has 0 aliphatic carbocycles. The Morgan fingerprint density at radius 3 is 2.05 bits per heavy atom. The van der Waals surface area contributed by atoms with Gasteiger partial charge in [-0.1, -0.05) is 37.6 Å². The molecule has 112 valence electrons. The summed E-state index contributed by atoms with van der Waals surface area (Å²) in [5.74, 6) is 1.00. The van der Waals surface area contributed by atoms with Crippen molar-refractivity contribution in [3.8, 4) is 0 Å². The Hall–Kier alpha value is -1.51. The first-order valence-electron chi connectivity index (χ1n) is 7.12. The van der Waals surface area contributed by atoms with Gasteiger partial charge in [-0.2, -0.15) is 0 Å². The fraction of sp³-hybridized carbons (Fsp3) is 0.588. The van der Waals surface area contributed by atoms with Crippen LogP contribution in [0.15, 0.2) is 23.2 Å². The molecule has 0 spiro atoms. The summed E-state index contributed by atoms with van der Waals surface area (Å²) in [6.45, 7) is 9.63. The zero-order valence-electron chi connectivity index (χ0n) is 14.3. The molecule has 0 fully saturated rings. The van der Waals surface area contributed by atoms with Gasteiger partial charge in [0.2, 0.25) is 0 Å². The number of hydrogen-bond donors (Lipinski definition) is 0. The average Bonchev–Trinajstić information content (AvgIpc) is 2.26. The molecule has 1 rings (SSSR count). The Labute approximate surface area is 124 Å². The fourth-order valence-electron chi connectivity index (χ4n) is 2.61. The molecule has 1 aromatic rings. The Morgan fingerprint density at radius 1 is 1.05 bits per heavy atom. The SMILES string of the molecule is Cc1ccc(C(C)(C)CN=C(N(C)C)N(C)C)c(C)c1. The van der Waals surface area contributed by atoms with Crippen molar-refractivity contribution in [3.63, 3.8) is 0 Å². The minimum Gasteiger partial charge on any atom is -0.349 e. The highest BCUT2D eigenvalue weighted by Gasteiger charge is 2.22. The monoisotopic (exact) mass is 275 g/mol. The lowest BCUT2D eigenvalue weighted by molar-refractivity contribution is 0.464. The van der Waals surface area contributed by atoms with Gasteiger partial charge in [0.1, 0.15) is 0 Å². The normalized spacial score (nSPS) is 11.2. The topological polar surface area (TPSA) is 18.8 Å². The summed E-state index contributed by atoms with van der Waals surface area (Å²) in [6, 6.07) is 6.68. The van der Waals surface area contributed by atoms with Gasteiger partial charge in [0.15, 0.2) is 5.96 Å². The second-order valence-corrected chi connectivity index (χ2v) is 6.61. The van der Waals surface area contributed by atoms with Crippen LogP contribution in [0.1, 0.15) is 30.5 Å². The molecule has 0 amide bonds. The lowest BCUT2D eigenvalue weighted by atomic mass is 9.81. The van der Waals surface area contributed by atoms with Crippen molar-refractivity contribution in [1.82, 2.24) is 9.80 Å². The lowest BCUT2D eigenvalue weighted by Crippen LogP contribution is -2.37. The van der Waals surface area contributed by atoms with Gasteiger partial charge in [-0.05, 0) is 25.0 Å². The highest BCUT2D eigenvalue weighted by atomic mass is 15.3. The molecular formula is C17H29N3. The minimum absolute atomic E-state index is 0.0368. The van der Waals surface area contributed by atoms with Crippen LogP contribution in [-0.4, -0.2) is 50.5 Å². The van der Waals surface area contributed by atoms with Gasteiger partial charge >= 0.3 is 0 Å². The largest absolute Gasteiger partial charge is 0.349 e. The van der Waals surface area contributed by atoms with Crippen molar-refractivity contribution in [2.45, 2.75) is 33.1 Å². The van der Waals surface area contributed by atoms with Gasteiger partial charge in [0.05, 0.1) is 6.54 Å². The molecule has 0 radical (unpaired) electrons. The zero-order chi connectivity index (χ0) is 15.5. The number of aryl methyl sites for hydroxylation is 2. The van der Waals surface area contributed by atoms with Crippen molar-refractivity contribution < 1.29 is 0 Å². The van der Waals surface area contributed by atoms with E-state index in [0.717, 1.165) is 12.5 Å². The van der Waals surface area contributed by atoms with Gasteiger partial charge in [0, 0.05) is 33.6 Å². The van der Waals surface area contributed by atoms with Crippen LogP contribution >= 0.6 is 0 Å². The van der Waals surface area contributed by atoms with Gasteiger partial charge in [-0.15, -0.1) is 0 Å². The summed E-state index contributed by atoms with van der Waals surface area (Å²) in [6.07, 6.45) is 0. The predicted octanol–water partition coefficient (Wildman–Crippen LogP) is 3.06. The second-order valence-electron chi connectivity index (χ2n) is 6.61. The van der Waals surface area contributed by atoms with E-state index < -0.39 is 0 Å². The molecule has 0 heterocycles. The van der Waals surface area contributed by atoms with E-state index in [1.54, 1.807) is 0 Å². The van der Waals surface area contributed by atoms with E-state index in [9.17, 15) is 0 Å². The third-order valence-corrected chi connectivity index (χ3v) is 3.53. The maximum Gasteiger partial charge on any atom is 0.195 e. The van der Waals surface area contributed by atoms with Crippen molar-refractivity contribution in [3.05, 3.63) is 34.9 Å². The maximum atomic E-state index is 4.80. The fourth-order valence-corrected chi connectivity index (χ4v) is 2.61. The van der Waals surface area contributed by atoms with E-state index in [4.69, 9.17) is 4.99 Å². The molecule has 0 aliphatic rings. The Morgan fingerprint density at radius 2 is 1.60 bits per heavy atom. The number of guanidine groups is 1. The Kier molecular flexibility index (Phi) is 5.21. The molecular weight excluding hydrogens is 246 g/mol. The molecule has 0 unspecified atom stereocenters.